The molecule has 32 heavy (non-hydrogen) atoms. The van der Waals surface area contributed by atoms with E-state index in [2.05, 4.69) is 5.32 Å². The Morgan fingerprint density at radius 2 is 1.78 bits per heavy atom. The van der Waals surface area contributed by atoms with Crippen LogP contribution in [0.3, 0.4) is 0 Å². The summed E-state index contributed by atoms with van der Waals surface area (Å²) in [5.74, 6) is -0.119. The number of carbonyl (C=O) groups is 2. The molecule has 0 spiro atoms. The second-order valence-electron chi connectivity index (χ2n) is 8.28. The third-order valence-corrected chi connectivity index (χ3v) is 6.02. The second-order valence-corrected chi connectivity index (χ2v) is 8.28. The van der Waals surface area contributed by atoms with E-state index in [9.17, 15) is 9.59 Å². The molecule has 2 aromatic rings. The van der Waals surface area contributed by atoms with E-state index in [0.717, 1.165) is 17.5 Å². The van der Waals surface area contributed by atoms with Gasteiger partial charge in [0.2, 0.25) is 5.91 Å². The first-order chi connectivity index (χ1) is 15.4. The number of esters is 1. The molecule has 1 fully saturated rings. The maximum absolute atomic E-state index is 13.6. The number of aryl methyl sites for hydroxylation is 1. The largest absolute Gasteiger partial charge is 0.490 e. The van der Waals surface area contributed by atoms with Gasteiger partial charge in [-0.3, -0.25) is 4.79 Å². The number of benzene rings is 2. The molecule has 6 heteroatoms. The Hall–Kier alpha value is -2.86. The number of rotatable bonds is 8. The minimum atomic E-state index is -0.679. The lowest BCUT2D eigenvalue weighted by Crippen LogP contribution is -2.44. The van der Waals surface area contributed by atoms with Crippen molar-refractivity contribution in [1.82, 2.24) is 0 Å². The highest BCUT2D eigenvalue weighted by molar-refractivity contribution is 6.01. The number of nitrogens with one attached hydrogen (secondary N) is 1. The first kappa shape index (κ1) is 23.8. The highest BCUT2D eigenvalue weighted by Crippen LogP contribution is 2.37. The van der Waals surface area contributed by atoms with Crippen LogP contribution in [0.2, 0.25) is 0 Å². The van der Waals surface area contributed by atoms with Gasteiger partial charge in [0, 0.05) is 18.9 Å². The summed E-state index contributed by atoms with van der Waals surface area (Å²) < 4.78 is 16.7. The van der Waals surface area contributed by atoms with Crippen molar-refractivity contribution >= 4 is 17.6 Å². The van der Waals surface area contributed by atoms with Crippen molar-refractivity contribution in [1.29, 1.82) is 0 Å². The van der Waals surface area contributed by atoms with Crippen LogP contribution in [0.4, 0.5) is 5.69 Å². The molecule has 1 atom stereocenters. The predicted molar refractivity (Wildman–Crippen MR) is 124 cm³/mol. The van der Waals surface area contributed by atoms with E-state index in [-0.39, 0.29) is 18.6 Å². The van der Waals surface area contributed by atoms with Crippen molar-refractivity contribution < 1.29 is 23.8 Å². The summed E-state index contributed by atoms with van der Waals surface area (Å²) >= 11 is 0. The molecule has 1 amide bonds. The van der Waals surface area contributed by atoms with Crippen LogP contribution in [0.15, 0.2) is 42.5 Å². The molecule has 3 rings (SSSR count). The van der Waals surface area contributed by atoms with Gasteiger partial charge in [-0.1, -0.05) is 36.8 Å². The third-order valence-electron chi connectivity index (χ3n) is 6.02. The molecular formula is C26H33NO5. The zero-order valence-corrected chi connectivity index (χ0v) is 19.4. The van der Waals surface area contributed by atoms with Gasteiger partial charge >= 0.3 is 5.97 Å². The van der Waals surface area contributed by atoms with Crippen LogP contribution in [-0.2, 0) is 19.7 Å². The molecule has 1 aliphatic heterocycles. The number of amides is 1. The Kier molecular flexibility index (Phi) is 7.91. The number of carbonyl (C=O) groups excluding carboxylic acids is 2. The molecule has 6 nitrogen and oxygen atoms in total. The minimum absolute atomic E-state index is 0.0457. The third kappa shape index (κ3) is 5.30. The van der Waals surface area contributed by atoms with Gasteiger partial charge in [0.25, 0.3) is 0 Å². The normalized spacial score (nSPS) is 16.1. The summed E-state index contributed by atoms with van der Waals surface area (Å²) in [5, 5.41) is 3.04. The molecule has 1 heterocycles. The zero-order chi connectivity index (χ0) is 23.1. The lowest BCUT2D eigenvalue weighted by atomic mass is 9.73. The summed E-state index contributed by atoms with van der Waals surface area (Å²) in [6, 6.07) is 13.2. The minimum Gasteiger partial charge on any atom is -0.490 e. The number of anilines is 1. The average molecular weight is 440 g/mol. The van der Waals surface area contributed by atoms with E-state index in [0.29, 0.717) is 43.1 Å². The van der Waals surface area contributed by atoms with Crippen molar-refractivity contribution in [3.05, 3.63) is 59.2 Å². The SMILES string of the molecule is CCOC(=O)c1cc(NC(=O)C2(c3ccc(C)cc3)CCOCC2)ccc1OC(C)CC. The second kappa shape index (κ2) is 10.6. The molecule has 0 radical (unpaired) electrons. The predicted octanol–water partition coefficient (Wildman–Crippen LogP) is 5.04. The fraction of sp³-hybridized carbons (Fsp3) is 0.462. The standard InChI is InChI=1S/C26H33NO5/c1-5-19(4)32-23-12-11-21(17-22(23)24(28)31-6-2)27-25(29)26(13-15-30-16-14-26)20-9-7-18(3)8-10-20/h7-12,17,19H,5-6,13-16H2,1-4H3,(H,27,29). The Morgan fingerprint density at radius 1 is 1.09 bits per heavy atom. The van der Waals surface area contributed by atoms with Gasteiger partial charge in [-0.2, -0.15) is 0 Å². The van der Waals surface area contributed by atoms with E-state index in [4.69, 9.17) is 14.2 Å². The Balaban J connectivity index is 1.91. The fourth-order valence-electron chi connectivity index (χ4n) is 3.87. The van der Waals surface area contributed by atoms with Gasteiger partial charge in [0.05, 0.1) is 18.1 Å². The van der Waals surface area contributed by atoms with Crippen molar-refractivity contribution in [2.24, 2.45) is 0 Å². The van der Waals surface area contributed by atoms with Gasteiger partial charge < -0.3 is 19.5 Å². The van der Waals surface area contributed by atoms with Crippen LogP contribution in [-0.4, -0.2) is 37.8 Å². The monoisotopic (exact) mass is 439 g/mol. The first-order valence-electron chi connectivity index (χ1n) is 11.3. The Morgan fingerprint density at radius 3 is 2.41 bits per heavy atom. The molecule has 1 aliphatic rings. The lowest BCUT2D eigenvalue weighted by Gasteiger charge is -2.36. The molecular weight excluding hydrogens is 406 g/mol. The van der Waals surface area contributed by atoms with E-state index in [1.807, 2.05) is 45.0 Å². The van der Waals surface area contributed by atoms with Crippen molar-refractivity contribution in [2.75, 3.05) is 25.1 Å². The van der Waals surface area contributed by atoms with Gasteiger partial charge in [-0.05, 0) is 63.8 Å². The van der Waals surface area contributed by atoms with E-state index in [1.165, 1.54) is 0 Å². The van der Waals surface area contributed by atoms with Crippen LogP contribution in [0, 0.1) is 6.92 Å². The van der Waals surface area contributed by atoms with Gasteiger partial charge in [0.1, 0.15) is 11.3 Å². The zero-order valence-electron chi connectivity index (χ0n) is 19.4. The van der Waals surface area contributed by atoms with Crippen LogP contribution in [0.1, 0.15) is 61.5 Å². The molecule has 172 valence electrons. The summed E-state index contributed by atoms with van der Waals surface area (Å²) in [6.07, 6.45) is 1.96. The lowest BCUT2D eigenvalue weighted by molar-refractivity contribution is -0.125. The topological polar surface area (TPSA) is 73.9 Å². The molecule has 0 aromatic heterocycles. The molecule has 1 saturated heterocycles. The van der Waals surface area contributed by atoms with Gasteiger partial charge in [0.15, 0.2) is 0 Å². The first-order valence-corrected chi connectivity index (χ1v) is 11.3. The molecule has 2 aromatic carbocycles. The van der Waals surface area contributed by atoms with E-state index < -0.39 is 11.4 Å². The summed E-state index contributed by atoms with van der Waals surface area (Å²) in [7, 11) is 0. The van der Waals surface area contributed by atoms with Crippen LogP contribution in [0.25, 0.3) is 0 Å². The molecule has 1 unspecified atom stereocenters. The Bertz CT molecular complexity index is 932. The molecule has 1 N–H and O–H groups in total. The highest BCUT2D eigenvalue weighted by atomic mass is 16.5. The van der Waals surface area contributed by atoms with Crippen LogP contribution >= 0.6 is 0 Å². The van der Waals surface area contributed by atoms with Crippen molar-refractivity contribution in [2.45, 2.75) is 58.5 Å². The Labute approximate surface area is 190 Å². The smallest absolute Gasteiger partial charge is 0.341 e. The maximum atomic E-state index is 13.6. The van der Waals surface area contributed by atoms with Gasteiger partial charge in [-0.25, -0.2) is 4.79 Å². The van der Waals surface area contributed by atoms with Crippen LogP contribution < -0.4 is 10.1 Å². The number of hydrogen-bond acceptors (Lipinski definition) is 5. The van der Waals surface area contributed by atoms with E-state index in [1.54, 1.807) is 25.1 Å². The average Bonchev–Trinajstić information content (AvgIpc) is 2.80. The van der Waals surface area contributed by atoms with E-state index >= 15 is 0 Å². The highest BCUT2D eigenvalue weighted by Gasteiger charge is 2.41. The summed E-state index contributed by atoms with van der Waals surface area (Å²) in [5.41, 5.74) is 2.29. The maximum Gasteiger partial charge on any atom is 0.341 e. The molecule has 0 saturated carbocycles. The summed E-state index contributed by atoms with van der Waals surface area (Å²) in [6.45, 7) is 9.06. The molecule has 0 bridgehead atoms. The number of ether oxygens (including phenoxy) is 3. The van der Waals surface area contributed by atoms with Gasteiger partial charge in [-0.15, -0.1) is 0 Å². The number of hydrogen-bond donors (Lipinski definition) is 1. The van der Waals surface area contributed by atoms with Crippen LogP contribution in [0.5, 0.6) is 5.75 Å². The fourth-order valence-corrected chi connectivity index (χ4v) is 3.87. The van der Waals surface area contributed by atoms with Crippen molar-refractivity contribution in [3.63, 3.8) is 0 Å². The quantitative estimate of drug-likeness (QED) is 0.584. The van der Waals surface area contributed by atoms with Crippen molar-refractivity contribution in [3.8, 4) is 5.75 Å². The summed E-state index contributed by atoms with van der Waals surface area (Å²) in [4.78, 5) is 26.1. The molecule has 0 aliphatic carbocycles.